The van der Waals surface area contributed by atoms with Gasteiger partial charge in [-0.3, -0.25) is 9.89 Å². The van der Waals surface area contributed by atoms with Crippen LogP contribution in [0.1, 0.15) is 49.7 Å². The summed E-state index contributed by atoms with van der Waals surface area (Å²) >= 11 is 0. The molecule has 0 aromatic carbocycles. The van der Waals surface area contributed by atoms with E-state index < -0.39 is 17.4 Å². The summed E-state index contributed by atoms with van der Waals surface area (Å²) in [6.45, 7) is 2.28. The quantitative estimate of drug-likeness (QED) is 0.883. The standard InChI is InChI=1S/C14H20F2N4O2/c1-9-17-11(19-18-9)10-3-7-20(8-4-10)12(21)14(15,16)13(22)5-2-6-13/h10,22H,2-8H2,1H3,(H,17,18,19). The Morgan fingerprint density at radius 1 is 1.41 bits per heavy atom. The zero-order chi connectivity index (χ0) is 16.0. The van der Waals surface area contributed by atoms with Crippen LogP contribution in [-0.4, -0.2) is 55.7 Å². The lowest BCUT2D eigenvalue weighted by Crippen LogP contribution is -2.62. The third-order valence-corrected chi connectivity index (χ3v) is 4.80. The maximum absolute atomic E-state index is 14.2. The number of halogens is 2. The lowest BCUT2D eigenvalue weighted by Gasteiger charge is -2.44. The molecule has 2 N–H and O–H groups in total. The summed E-state index contributed by atoms with van der Waals surface area (Å²) in [5.74, 6) is -3.48. The Kier molecular flexibility index (Phi) is 3.66. The summed E-state index contributed by atoms with van der Waals surface area (Å²) in [6.07, 6.45) is 1.61. The van der Waals surface area contributed by atoms with Crippen LogP contribution in [0, 0.1) is 6.92 Å². The number of hydrogen-bond acceptors (Lipinski definition) is 4. The maximum Gasteiger partial charge on any atom is 0.352 e. The minimum Gasteiger partial charge on any atom is -0.383 e. The van der Waals surface area contributed by atoms with Crippen molar-refractivity contribution in [3.63, 3.8) is 0 Å². The summed E-state index contributed by atoms with van der Waals surface area (Å²) < 4.78 is 28.4. The highest BCUT2D eigenvalue weighted by Crippen LogP contribution is 2.45. The predicted molar refractivity (Wildman–Crippen MR) is 73.4 cm³/mol. The van der Waals surface area contributed by atoms with Crippen molar-refractivity contribution < 1.29 is 18.7 Å². The average Bonchev–Trinajstić information content (AvgIpc) is 2.90. The fourth-order valence-corrected chi connectivity index (χ4v) is 3.11. The summed E-state index contributed by atoms with van der Waals surface area (Å²) in [5.41, 5.74) is -2.15. The smallest absolute Gasteiger partial charge is 0.352 e. The van der Waals surface area contributed by atoms with E-state index in [0.717, 1.165) is 4.90 Å². The second-order valence-corrected chi connectivity index (χ2v) is 6.31. The number of nitrogens with one attached hydrogen (secondary N) is 1. The summed E-state index contributed by atoms with van der Waals surface area (Å²) in [4.78, 5) is 17.5. The fourth-order valence-electron chi connectivity index (χ4n) is 3.11. The second kappa shape index (κ2) is 5.26. The first kappa shape index (κ1) is 15.3. The number of aryl methyl sites for hydroxylation is 1. The Morgan fingerprint density at radius 3 is 2.50 bits per heavy atom. The molecule has 1 aliphatic carbocycles. The molecule has 1 aromatic rings. The number of aromatic nitrogens is 3. The molecule has 1 saturated carbocycles. The number of H-pyrrole nitrogens is 1. The first-order chi connectivity index (χ1) is 10.3. The van der Waals surface area contributed by atoms with Gasteiger partial charge in [0.2, 0.25) is 0 Å². The Morgan fingerprint density at radius 2 is 2.05 bits per heavy atom. The van der Waals surface area contributed by atoms with Crippen LogP contribution in [0.15, 0.2) is 0 Å². The number of carbonyl (C=O) groups is 1. The van der Waals surface area contributed by atoms with E-state index in [1.165, 1.54) is 0 Å². The molecule has 0 unspecified atom stereocenters. The summed E-state index contributed by atoms with van der Waals surface area (Å²) in [6, 6.07) is 0. The number of aliphatic hydroxyl groups is 1. The van der Waals surface area contributed by atoms with Crippen LogP contribution in [0.4, 0.5) is 8.78 Å². The van der Waals surface area contributed by atoms with E-state index in [1.807, 2.05) is 0 Å². The van der Waals surface area contributed by atoms with E-state index in [9.17, 15) is 18.7 Å². The predicted octanol–water partition coefficient (Wildman–Crippen LogP) is 1.37. The molecule has 0 bridgehead atoms. The number of amides is 1. The lowest BCUT2D eigenvalue weighted by molar-refractivity contribution is -0.224. The molecule has 3 rings (SSSR count). The maximum atomic E-state index is 14.2. The number of piperidine rings is 1. The Hall–Kier alpha value is -1.57. The van der Waals surface area contributed by atoms with Gasteiger partial charge in [0.25, 0.3) is 5.91 Å². The van der Waals surface area contributed by atoms with Crippen LogP contribution in [-0.2, 0) is 4.79 Å². The highest BCUT2D eigenvalue weighted by Gasteiger charge is 2.62. The largest absolute Gasteiger partial charge is 0.383 e. The van der Waals surface area contributed by atoms with Gasteiger partial charge in [-0.15, -0.1) is 0 Å². The van der Waals surface area contributed by atoms with E-state index in [0.29, 0.717) is 30.9 Å². The van der Waals surface area contributed by atoms with Gasteiger partial charge in [-0.2, -0.15) is 13.9 Å². The molecule has 22 heavy (non-hydrogen) atoms. The minimum absolute atomic E-state index is 0.0152. The molecule has 2 aliphatic rings. The van der Waals surface area contributed by atoms with Crippen LogP contribution in [0.3, 0.4) is 0 Å². The number of hydrogen-bond donors (Lipinski definition) is 2. The first-order valence-corrected chi connectivity index (χ1v) is 7.62. The van der Waals surface area contributed by atoms with Gasteiger partial charge in [0.1, 0.15) is 11.4 Å². The molecule has 6 nitrogen and oxygen atoms in total. The van der Waals surface area contributed by atoms with Crippen molar-refractivity contribution in [2.75, 3.05) is 13.1 Å². The molecule has 2 fully saturated rings. The van der Waals surface area contributed by atoms with Crippen LogP contribution in [0.25, 0.3) is 0 Å². The number of alkyl halides is 2. The molecule has 0 spiro atoms. The molecule has 1 aliphatic heterocycles. The topological polar surface area (TPSA) is 82.1 Å². The van der Waals surface area contributed by atoms with Gasteiger partial charge >= 0.3 is 5.92 Å². The molecule has 8 heteroatoms. The van der Waals surface area contributed by atoms with Crippen LogP contribution in [0.2, 0.25) is 0 Å². The third-order valence-electron chi connectivity index (χ3n) is 4.80. The van der Waals surface area contributed by atoms with E-state index in [1.54, 1.807) is 6.92 Å². The van der Waals surface area contributed by atoms with Crippen molar-refractivity contribution in [3.05, 3.63) is 11.6 Å². The van der Waals surface area contributed by atoms with Crippen LogP contribution < -0.4 is 0 Å². The Labute approximate surface area is 126 Å². The van der Waals surface area contributed by atoms with Crippen molar-refractivity contribution in [2.45, 2.75) is 56.5 Å². The highest BCUT2D eigenvalue weighted by atomic mass is 19.3. The summed E-state index contributed by atoms with van der Waals surface area (Å²) in [5, 5.41) is 16.7. The van der Waals surface area contributed by atoms with Gasteiger partial charge in [0, 0.05) is 19.0 Å². The monoisotopic (exact) mass is 314 g/mol. The molecule has 0 atom stereocenters. The van der Waals surface area contributed by atoms with E-state index in [-0.39, 0.29) is 31.8 Å². The van der Waals surface area contributed by atoms with Crippen molar-refractivity contribution in [1.82, 2.24) is 20.1 Å². The van der Waals surface area contributed by atoms with Gasteiger partial charge in [-0.25, -0.2) is 4.98 Å². The molecule has 1 aromatic heterocycles. The number of likely N-dealkylation sites (tertiary alicyclic amines) is 1. The zero-order valence-corrected chi connectivity index (χ0v) is 12.5. The highest BCUT2D eigenvalue weighted by molar-refractivity contribution is 5.85. The number of aromatic amines is 1. The van der Waals surface area contributed by atoms with Crippen molar-refractivity contribution in [2.24, 2.45) is 0 Å². The van der Waals surface area contributed by atoms with Crippen molar-refractivity contribution in [3.8, 4) is 0 Å². The second-order valence-electron chi connectivity index (χ2n) is 6.31. The van der Waals surface area contributed by atoms with Crippen molar-refractivity contribution in [1.29, 1.82) is 0 Å². The molecule has 122 valence electrons. The minimum atomic E-state index is -3.70. The van der Waals surface area contributed by atoms with E-state index in [4.69, 9.17) is 0 Å². The van der Waals surface area contributed by atoms with Gasteiger partial charge in [-0.05, 0) is 39.0 Å². The molecule has 2 heterocycles. The van der Waals surface area contributed by atoms with Crippen LogP contribution >= 0.6 is 0 Å². The van der Waals surface area contributed by atoms with Gasteiger partial charge in [0.05, 0.1) is 0 Å². The number of carbonyl (C=O) groups excluding carboxylic acids is 1. The molecule has 1 amide bonds. The lowest BCUT2D eigenvalue weighted by atomic mass is 9.74. The average molecular weight is 314 g/mol. The zero-order valence-electron chi connectivity index (χ0n) is 12.5. The SMILES string of the molecule is Cc1nc(C2CCN(C(=O)C(F)(F)C3(O)CCC3)CC2)n[nH]1. The molecular weight excluding hydrogens is 294 g/mol. The normalized spacial score (nSPS) is 22.5. The number of nitrogens with zero attached hydrogens (tertiary/aromatic N) is 3. The van der Waals surface area contributed by atoms with Crippen molar-refractivity contribution >= 4 is 5.91 Å². The molecular formula is C14H20F2N4O2. The van der Waals surface area contributed by atoms with E-state index >= 15 is 0 Å². The Bertz CT molecular complexity index is 563. The fraction of sp³-hybridized carbons (Fsp3) is 0.786. The molecule has 1 saturated heterocycles. The first-order valence-electron chi connectivity index (χ1n) is 7.62. The molecule has 0 radical (unpaired) electrons. The van der Waals surface area contributed by atoms with E-state index in [2.05, 4.69) is 15.2 Å². The summed E-state index contributed by atoms with van der Waals surface area (Å²) in [7, 11) is 0. The van der Waals surface area contributed by atoms with Crippen LogP contribution in [0.5, 0.6) is 0 Å². The number of rotatable bonds is 3. The third kappa shape index (κ3) is 2.39. The Balaban J connectivity index is 1.62. The van der Waals surface area contributed by atoms with Gasteiger partial charge < -0.3 is 10.0 Å². The van der Waals surface area contributed by atoms with Gasteiger partial charge in [-0.1, -0.05) is 0 Å². The van der Waals surface area contributed by atoms with Gasteiger partial charge in [0.15, 0.2) is 5.82 Å².